The molecule has 1 aromatic heterocycles. The smallest absolute Gasteiger partial charge is 0.215 e. The Labute approximate surface area is 213 Å². The zero-order valence-electron chi connectivity index (χ0n) is 19.1. The van der Waals surface area contributed by atoms with Crippen LogP contribution in [-0.2, 0) is 26.6 Å². The molecule has 2 aliphatic rings. The molecule has 3 heterocycles. The summed E-state index contributed by atoms with van der Waals surface area (Å²) < 4.78 is 20.6. The molecule has 1 amide bonds. The number of ether oxygens (including phenoxy) is 3. The van der Waals surface area contributed by atoms with E-state index >= 15 is 0 Å². The third kappa shape index (κ3) is 5.41. The first kappa shape index (κ1) is 23.9. The van der Waals surface area contributed by atoms with Gasteiger partial charge in [0.05, 0.1) is 24.5 Å². The fraction of sp³-hybridized carbons (Fsp3) is 0.360. The summed E-state index contributed by atoms with van der Waals surface area (Å²) in [7, 11) is 0. The summed E-state index contributed by atoms with van der Waals surface area (Å²) in [5.41, 5.74) is 1.82. The third-order valence-electron chi connectivity index (χ3n) is 6.25. The number of imidazole rings is 1. The van der Waals surface area contributed by atoms with Gasteiger partial charge in [0.2, 0.25) is 12.2 Å². The van der Waals surface area contributed by atoms with Crippen molar-refractivity contribution < 1.29 is 19.0 Å². The van der Waals surface area contributed by atoms with Crippen LogP contribution in [0.1, 0.15) is 5.56 Å². The molecule has 184 valence electrons. The van der Waals surface area contributed by atoms with E-state index in [9.17, 15) is 4.79 Å². The Kier molecular flexibility index (Phi) is 7.15. The predicted octanol–water partition coefficient (Wildman–Crippen LogP) is 3.82. The topological polar surface area (TPSA) is 69.1 Å². The Morgan fingerprint density at radius 3 is 2.60 bits per heavy atom. The number of hydrogen-bond acceptors (Lipinski definition) is 6. The van der Waals surface area contributed by atoms with E-state index in [-0.39, 0.29) is 6.10 Å². The van der Waals surface area contributed by atoms with Crippen LogP contribution >= 0.6 is 23.2 Å². The van der Waals surface area contributed by atoms with Crippen molar-refractivity contribution in [1.82, 2.24) is 14.5 Å². The average Bonchev–Trinajstić information content (AvgIpc) is 3.54. The monoisotopic (exact) mass is 516 g/mol. The third-order valence-corrected chi connectivity index (χ3v) is 6.80. The van der Waals surface area contributed by atoms with Crippen molar-refractivity contribution in [3.63, 3.8) is 0 Å². The van der Waals surface area contributed by atoms with Gasteiger partial charge in [-0.25, -0.2) is 4.98 Å². The average molecular weight is 517 g/mol. The highest BCUT2D eigenvalue weighted by Gasteiger charge is 2.45. The van der Waals surface area contributed by atoms with Gasteiger partial charge in [0, 0.05) is 54.8 Å². The summed E-state index contributed by atoms with van der Waals surface area (Å²) in [5.74, 6) is -0.329. The molecule has 10 heteroatoms. The first-order valence-corrected chi connectivity index (χ1v) is 12.2. The fourth-order valence-electron chi connectivity index (χ4n) is 4.40. The number of hydrogen-bond donors (Lipinski definition) is 0. The molecule has 0 radical (unpaired) electrons. The molecule has 35 heavy (non-hydrogen) atoms. The highest BCUT2D eigenvalue weighted by Crippen LogP contribution is 2.40. The molecule has 0 saturated carbocycles. The molecule has 2 fully saturated rings. The second-order valence-electron chi connectivity index (χ2n) is 8.60. The predicted molar refractivity (Wildman–Crippen MR) is 133 cm³/mol. The molecule has 2 atom stereocenters. The maximum absolute atomic E-state index is 10.9. The van der Waals surface area contributed by atoms with Crippen molar-refractivity contribution in [2.45, 2.75) is 18.4 Å². The van der Waals surface area contributed by atoms with Crippen LogP contribution in [-0.4, -0.2) is 66.4 Å². The Morgan fingerprint density at radius 2 is 1.91 bits per heavy atom. The van der Waals surface area contributed by atoms with Crippen LogP contribution in [0.3, 0.4) is 0 Å². The lowest BCUT2D eigenvalue weighted by molar-refractivity contribution is -0.189. The Morgan fingerprint density at radius 1 is 1.11 bits per heavy atom. The molecule has 2 aliphatic heterocycles. The van der Waals surface area contributed by atoms with E-state index in [0.717, 1.165) is 44.0 Å². The summed E-state index contributed by atoms with van der Waals surface area (Å²) in [4.78, 5) is 19.1. The minimum absolute atomic E-state index is 0.290. The molecule has 0 bridgehead atoms. The van der Waals surface area contributed by atoms with Crippen LogP contribution < -0.4 is 9.64 Å². The number of carbonyl (C=O) groups is 1. The number of amides is 1. The highest BCUT2D eigenvalue weighted by atomic mass is 35.5. The molecule has 0 aliphatic carbocycles. The molecule has 2 aromatic carbocycles. The van der Waals surface area contributed by atoms with Gasteiger partial charge in [-0.05, 0) is 36.4 Å². The Balaban J connectivity index is 1.23. The number of carbonyl (C=O) groups excluding carboxylic acids is 1. The maximum atomic E-state index is 10.9. The standard InChI is InChI=1S/C25H26Cl2N4O4/c26-19-1-6-23(24(27)13-19)25(16-30-8-7-28-17-30)34-15-22(35-25)14-33-21-4-2-20(3-5-21)31-11-9-29(18-32)10-12-31/h1-8,13,17-18,22H,9-12,14-16H2/t22-,25+/m1/s1. The molecule has 0 unspecified atom stereocenters. The van der Waals surface area contributed by atoms with Gasteiger partial charge < -0.3 is 28.6 Å². The number of rotatable bonds is 8. The largest absolute Gasteiger partial charge is 0.491 e. The number of anilines is 1. The van der Waals surface area contributed by atoms with Gasteiger partial charge in [-0.2, -0.15) is 0 Å². The number of aromatic nitrogens is 2. The maximum Gasteiger partial charge on any atom is 0.215 e. The molecule has 5 rings (SSSR count). The molecule has 2 saturated heterocycles. The molecule has 0 spiro atoms. The van der Waals surface area contributed by atoms with Gasteiger partial charge in [0.1, 0.15) is 18.5 Å². The van der Waals surface area contributed by atoms with E-state index in [1.165, 1.54) is 0 Å². The lowest BCUT2D eigenvalue weighted by Gasteiger charge is -2.34. The highest BCUT2D eigenvalue weighted by molar-refractivity contribution is 6.35. The van der Waals surface area contributed by atoms with Crippen molar-refractivity contribution >= 4 is 35.3 Å². The van der Waals surface area contributed by atoms with Crippen LogP contribution in [0.5, 0.6) is 5.75 Å². The molecule has 3 aromatic rings. The Hall–Kier alpha value is -2.78. The van der Waals surface area contributed by atoms with E-state index in [1.807, 2.05) is 41.1 Å². The summed E-state index contributed by atoms with van der Waals surface area (Å²) in [5, 5.41) is 1.02. The minimum atomic E-state index is -1.08. The number of piperazine rings is 1. The molecule has 0 N–H and O–H groups in total. The second kappa shape index (κ2) is 10.5. The van der Waals surface area contributed by atoms with Crippen LogP contribution in [0, 0.1) is 0 Å². The first-order chi connectivity index (χ1) is 17.0. The van der Waals surface area contributed by atoms with E-state index in [1.54, 1.807) is 29.6 Å². The summed E-state index contributed by atoms with van der Waals surface area (Å²) in [6.07, 6.45) is 5.89. The van der Waals surface area contributed by atoms with Crippen molar-refractivity contribution in [3.05, 3.63) is 76.8 Å². The zero-order valence-corrected chi connectivity index (χ0v) is 20.6. The Bertz CT molecular complexity index is 1140. The molecular formula is C25H26Cl2N4O4. The number of nitrogens with zero attached hydrogens (tertiary/aromatic N) is 4. The number of benzene rings is 2. The van der Waals surface area contributed by atoms with Gasteiger partial charge in [-0.1, -0.05) is 29.3 Å². The normalized spacial score (nSPS) is 22.4. The fourth-order valence-corrected chi connectivity index (χ4v) is 4.96. The van der Waals surface area contributed by atoms with Crippen LogP contribution in [0.15, 0.2) is 61.2 Å². The summed E-state index contributed by atoms with van der Waals surface area (Å²) in [6, 6.07) is 13.3. The quantitative estimate of drug-likeness (QED) is 0.424. The van der Waals surface area contributed by atoms with E-state index in [2.05, 4.69) is 9.88 Å². The van der Waals surface area contributed by atoms with Crippen LogP contribution in [0.4, 0.5) is 5.69 Å². The van der Waals surface area contributed by atoms with E-state index in [0.29, 0.717) is 35.4 Å². The van der Waals surface area contributed by atoms with E-state index in [4.69, 9.17) is 37.4 Å². The van der Waals surface area contributed by atoms with Gasteiger partial charge in [-0.15, -0.1) is 0 Å². The van der Waals surface area contributed by atoms with Gasteiger partial charge in [0.15, 0.2) is 0 Å². The van der Waals surface area contributed by atoms with Crippen molar-refractivity contribution in [2.75, 3.05) is 44.3 Å². The van der Waals surface area contributed by atoms with Gasteiger partial charge in [-0.3, -0.25) is 4.79 Å². The number of halogens is 2. The lowest BCUT2D eigenvalue weighted by atomic mass is 10.1. The van der Waals surface area contributed by atoms with Gasteiger partial charge in [0.25, 0.3) is 0 Å². The lowest BCUT2D eigenvalue weighted by Crippen LogP contribution is -2.45. The molecular weight excluding hydrogens is 491 g/mol. The van der Waals surface area contributed by atoms with Crippen molar-refractivity contribution in [1.29, 1.82) is 0 Å². The SMILES string of the molecule is O=CN1CCN(c2ccc(OC[C@@H]3CO[C@](Cn4ccnc4)(c4ccc(Cl)cc4Cl)O3)cc2)CC1. The minimum Gasteiger partial charge on any atom is -0.491 e. The first-order valence-electron chi connectivity index (χ1n) is 11.4. The van der Waals surface area contributed by atoms with Crippen LogP contribution in [0.2, 0.25) is 10.0 Å². The van der Waals surface area contributed by atoms with Crippen LogP contribution in [0.25, 0.3) is 0 Å². The molecule has 8 nitrogen and oxygen atoms in total. The van der Waals surface area contributed by atoms with Crippen molar-refractivity contribution in [3.8, 4) is 5.75 Å². The van der Waals surface area contributed by atoms with Crippen molar-refractivity contribution in [2.24, 2.45) is 0 Å². The summed E-state index contributed by atoms with van der Waals surface area (Å²) in [6.45, 7) is 4.17. The second-order valence-corrected chi connectivity index (χ2v) is 9.44. The van der Waals surface area contributed by atoms with E-state index < -0.39 is 5.79 Å². The van der Waals surface area contributed by atoms with Gasteiger partial charge >= 0.3 is 0 Å². The summed E-state index contributed by atoms with van der Waals surface area (Å²) >= 11 is 12.6. The zero-order chi connectivity index (χ0) is 24.3.